The molecule has 8 heteroatoms. The van der Waals surface area contributed by atoms with E-state index in [9.17, 15) is 9.90 Å². The summed E-state index contributed by atoms with van der Waals surface area (Å²) < 4.78 is 5.24. The van der Waals surface area contributed by atoms with E-state index in [0.29, 0.717) is 18.4 Å². The smallest absolute Gasteiger partial charge is 0.413 e. The van der Waals surface area contributed by atoms with Gasteiger partial charge < -0.3 is 15.2 Å². The van der Waals surface area contributed by atoms with Gasteiger partial charge in [-0.3, -0.25) is 15.2 Å². The third-order valence-corrected chi connectivity index (χ3v) is 5.05. The van der Waals surface area contributed by atoms with E-state index in [2.05, 4.69) is 25.5 Å². The van der Waals surface area contributed by atoms with E-state index < -0.39 is 11.7 Å². The van der Waals surface area contributed by atoms with Crippen LogP contribution >= 0.6 is 0 Å². The van der Waals surface area contributed by atoms with Crippen molar-refractivity contribution < 1.29 is 14.6 Å². The van der Waals surface area contributed by atoms with E-state index in [4.69, 9.17) is 4.74 Å². The molecule has 0 radical (unpaired) electrons. The highest BCUT2D eigenvalue weighted by atomic mass is 16.6. The molecule has 1 aliphatic rings. The van der Waals surface area contributed by atoms with Crippen LogP contribution in [0.3, 0.4) is 0 Å². The van der Waals surface area contributed by atoms with Gasteiger partial charge >= 0.3 is 6.09 Å². The van der Waals surface area contributed by atoms with Crippen LogP contribution in [0, 0.1) is 6.92 Å². The summed E-state index contributed by atoms with van der Waals surface area (Å²) in [4.78, 5) is 23.0. The fourth-order valence-corrected chi connectivity index (χ4v) is 3.59. The van der Waals surface area contributed by atoms with E-state index in [1.165, 1.54) is 0 Å². The Bertz CT molecular complexity index is 880. The van der Waals surface area contributed by atoms with Gasteiger partial charge in [0, 0.05) is 24.8 Å². The molecule has 0 spiro atoms. The number of aryl methyl sites for hydroxylation is 1. The van der Waals surface area contributed by atoms with Gasteiger partial charge in [-0.1, -0.05) is 0 Å². The predicted octanol–water partition coefficient (Wildman–Crippen LogP) is 4.30. The number of carbonyl (C=O) groups is 1. The van der Waals surface area contributed by atoms with Gasteiger partial charge in [0.2, 0.25) is 0 Å². The molecular weight excluding hydrogens is 394 g/mol. The van der Waals surface area contributed by atoms with Crippen LogP contribution < -0.4 is 10.6 Å². The first-order valence-electron chi connectivity index (χ1n) is 10.8. The zero-order valence-corrected chi connectivity index (χ0v) is 18.8. The molecule has 1 fully saturated rings. The summed E-state index contributed by atoms with van der Waals surface area (Å²) in [5.41, 5.74) is 2.03. The summed E-state index contributed by atoms with van der Waals surface area (Å²) in [6, 6.07) is 7.56. The molecule has 168 valence electrons. The largest absolute Gasteiger partial charge is 0.506 e. The molecule has 0 bridgehead atoms. The number of hydrogen-bond acceptors (Lipinski definition) is 7. The van der Waals surface area contributed by atoms with Crippen LogP contribution in [0.25, 0.3) is 0 Å². The number of amides is 1. The Balaban J connectivity index is 1.49. The van der Waals surface area contributed by atoms with Crippen molar-refractivity contribution in [3.05, 3.63) is 41.9 Å². The molecular formula is C23H33N5O3. The van der Waals surface area contributed by atoms with Crippen LogP contribution in [-0.4, -0.2) is 50.8 Å². The van der Waals surface area contributed by atoms with Crippen LogP contribution in [0.15, 0.2) is 30.5 Å². The Morgan fingerprint density at radius 3 is 2.74 bits per heavy atom. The first kappa shape index (κ1) is 22.8. The van der Waals surface area contributed by atoms with Crippen LogP contribution in [0.4, 0.5) is 16.3 Å². The molecule has 2 aromatic heterocycles. The third kappa shape index (κ3) is 7.40. The topological polar surface area (TPSA) is 99.6 Å². The van der Waals surface area contributed by atoms with Crippen molar-refractivity contribution in [2.45, 2.75) is 65.1 Å². The number of hydrogen-bond donors (Lipinski definition) is 3. The van der Waals surface area contributed by atoms with Crippen molar-refractivity contribution >= 4 is 17.6 Å². The Hall–Kier alpha value is -2.87. The number of aromatic hydroxyl groups is 1. The number of aromatic nitrogens is 2. The Morgan fingerprint density at radius 2 is 2.03 bits per heavy atom. The number of likely N-dealkylation sites (tertiary alicyclic amines) is 1. The van der Waals surface area contributed by atoms with Gasteiger partial charge in [0.15, 0.2) is 0 Å². The number of ether oxygens (including phenoxy) is 1. The van der Waals surface area contributed by atoms with E-state index in [1.54, 1.807) is 18.3 Å². The summed E-state index contributed by atoms with van der Waals surface area (Å²) in [5, 5.41) is 16.3. The highest BCUT2D eigenvalue weighted by Gasteiger charge is 2.19. The Morgan fingerprint density at radius 1 is 1.23 bits per heavy atom. The van der Waals surface area contributed by atoms with Crippen molar-refractivity contribution in [3.8, 4) is 5.75 Å². The molecule has 1 atom stereocenters. The van der Waals surface area contributed by atoms with Crippen LogP contribution in [-0.2, 0) is 11.3 Å². The lowest BCUT2D eigenvalue weighted by Crippen LogP contribution is -2.27. The Kier molecular flexibility index (Phi) is 7.33. The highest BCUT2D eigenvalue weighted by Crippen LogP contribution is 2.21. The van der Waals surface area contributed by atoms with Crippen molar-refractivity contribution in [2.75, 3.05) is 23.7 Å². The SMILES string of the molecule is Cc1ccc(O)c(CN2CCC[C@@H](Nc3ccc(NC(=O)OC(C)(C)C)nc3)CC2)n1. The van der Waals surface area contributed by atoms with Crippen molar-refractivity contribution in [1.29, 1.82) is 0 Å². The van der Waals surface area contributed by atoms with E-state index >= 15 is 0 Å². The summed E-state index contributed by atoms with van der Waals surface area (Å²) in [5.74, 6) is 0.716. The zero-order valence-electron chi connectivity index (χ0n) is 18.8. The van der Waals surface area contributed by atoms with Gasteiger partial charge in [-0.15, -0.1) is 0 Å². The number of pyridine rings is 2. The van der Waals surface area contributed by atoms with E-state index in [1.807, 2.05) is 39.8 Å². The maximum absolute atomic E-state index is 11.9. The Labute approximate surface area is 184 Å². The second-order valence-corrected chi connectivity index (χ2v) is 9.03. The standard InChI is InChI=1S/C23H33N5O3/c1-16-7-9-20(29)19(25-16)15-28-12-5-6-17(11-13-28)26-18-8-10-21(24-14-18)27-22(30)31-23(2,3)4/h7-10,14,17,26,29H,5-6,11-13,15H2,1-4H3,(H,24,27,30)/t17-/m1/s1. The van der Waals surface area contributed by atoms with Crippen LogP contribution in [0.1, 0.15) is 51.4 Å². The van der Waals surface area contributed by atoms with Crippen molar-refractivity contribution in [1.82, 2.24) is 14.9 Å². The maximum atomic E-state index is 11.9. The molecule has 3 heterocycles. The molecule has 2 aromatic rings. The van der Waals surface area contributed by atoms with Gasteiger partial charge in [0.1, 0.15) is 17.2 Å². The average Bonchev–Trinajstić information content (AvgIpc) is 2.90. The van der Waals surface area contributed by atoms with Crippen LogP contribution in [0.2, 0.25) is 0 Å². The fourth-order valence-electron chi connectivity index (χ4n) is 3.59. The lowest BCUT2D eigenvalue weighted by Gasteiger charge is -2.21. The highest BCUT2D eigenvalue weighted by molar-refractivity contribution is 5.83. The van der Waals surface area contributed by atoms with Crippen LogP contribution in [0.5, 0.6) is 5.75 Å². The summed E-state index contributed by atoms with van der Waals surface area (Å²) >= 11 is 0. The first-order chi connectivity index (χ1) is 14.7. The second-order valence-electron chi connectivity index (χ2n) is 9.03. The van der Waals surface area contributed by atoms with Crippen molar-refractivity contribution in [2.24, 2.45) is 0 Å². The molecule has 1 aliphatic heterocycles. The van der Waals surface area contributed by atoms with Gasteiger partial charge in [0.25, 0.3) is 0 Å². The number of carbonyl (C=O) groups excluding carboxylic acids is 1. The minimum Gasteiger partial charge on any atom is -0.506 e. The molecule has 31 heavy (non-hydrogen) atoms. The normalized spacial score (nSPS) is 17.6. The summed E-state index contributed by atoms with van der Waals surface area (Å²) in [7, 11) is 0. The zero-order chi connectivity index (χ0) is 22.4. The maximum Gasteiger partial charge on any atom is 0.413 e. The summed E-state index contributed by atoms with van der Waals surface area (Å²) in [6.45, 7) is 9.96. The molecule has 0 aliphatic carbocycles. The number of nitrogens with one attached hydrogen (secondary N) is 2. The summed E-state index contributed by atoms with van der Waals surface area (Å²) in [6.07, 6.45) is 4.32. The van der Waals surface area contributed by atoms with Gasteiger partial charge in [-0.25, -0.2) is 9.78 Å². The number of anilines is 2. The van der Waals surface area contributed by atoms with Gasteiger partial charge in [-0.05, 0) is 77.8 Å². The number of rotatable bonds is 5. The van der Waals surface area contributed by atoms with Gasteiger partial charge in [-0.2, -0.15) is 0 Å². The van der Waals surface area contributed by atoms with E-state index in [0.717, 1.165) is 49.4 Å². The molecule has 3 rings (SSSR count). The minimum absolute atomic E-state index is 0.260. The molecule has 1 saturated heterocycles. The monoisotopic (exact) mass is 427 g/mol. The lowest BCUT2D eigenvalue weighted by molar-refractivity contribution is 0.0635. The lowest BCUT2D eigenvalue weighted by atomic mass is 10.1. The van der Waals surface area contributed by atoms with E-state index in [-0.39, 0.29) is 5.75 Å². The molecule has 8 nitrogen and oxygen atoms in total. The van der Waals surface area contributed by atoms with Crippen molar-refractivity contribution in [3.63, 3.8) is 0 Å². The molecule has 0 unspecified atom stereocenters. The third-order valence-electron chi connectivity index (χ3n) is 5.05. The first-order valence-corrected chi connectivity index (χ1v) is 10.8. The fraction of sp³-hybridized carbons (Fsp3) is 0.522. The number of nitrogens with zero attached hydrogens (tertiary/aromatic N) is 3. The second kappa shape index (κ2) is 9.96. The molecule has 0 saturated carbocycles. The quantitative estimate of drug-likeness (QED) is 0.654. The molecule has 3 N–H and O–H groups in total. The minimum atomic E-state index is -0.549. The molecule has 1 amide bonds. The predicted molar refractivity (Wildman–Crippen MR) is 121 cm³/mol. The van der Waals surface area contributed by atoms with Gasteiger partial charge in [0.05, 0.1) is 17.6 Å². The molecule has 0 aromatic carbocycles. The average molecular weight is 428 g/mol.